The second-order valence-electron chi connectivity index (χ2n) is 3.87. The highest BCUT2D eigenvalue weighted by molar-refractivity contribution is 6.30. The van der Waals surface area contributed by atoms with Gasteiger partial charge >= 0.3 is 0 Å². The number of hydrogen-bond donors (Lipinski definition) is 1. The number of nitrogens with one attached hydrogen (secondary N) is 1. The van der Waals surface area contributed by atoms with Crippen molar-refractivity contribution < 1.29 is 0 Å². The van der Waals surface area contributed by atoms with Crippen LogP contribution in [0.1, 0.15) is 38.2 Å². The number of rotatable bonds is 7. The van der Waals surface area contributed by atoms with Crippen molar-refractivity contribution in [3.63, 3.8) is 0 Å². The molecule has 3 heteroatoms. The van der Waals surface area contributed by atoms with Crippen molar-refractivity contribution in [2.24, 2.45) is 0 Å². The maximum atomic E-state index is 5.90. The Morgan fingerprint density at radius 3 is 2.69 bits per heavy atom. The number of unbranched alkanes of at least 4 members (excludes halogenated alkanes) is 3. The van der Waals surface area contributed by atoms with Crippen molar-refractivity contribution in [3.8, 4) is 0 Å². The van der Waals surface area contributed by atoms with Gasteiger partial charge in [-0.3, -0.25) is 0 Å². The SMILES string of the molecule is CCCCCCNCc1cccc(Cl)c1.Cl. The zero-order valence-corrected chi connectivity index (χ0v) is 11.4. The first-order chi connectivity index (χ1) is 7.33. The minimum absolute atomic E-state index is 0. The van der Waals surface area contributed by atoms with E-state index in [0.29, 0.717) is 0 Å². The Bertz CT molecular complexity index is 276. The lowest BCUT2D eigenvalue weighted by Crippen LogP contribution is -2.14. The van der Waals surface area contributed by atoms with E-state index in [4.69, 9.17) is 11.6 Å². The van der Waals surface area contributed by atoms with Crippen LogP contribution in [0.15, 0.2) is 24.3 Å². The van der Waals surface area contributed by atoms with Gasteiger partial charge in [-0.05, 0) is 30.7 Å². The molecule has 1 nitrogen and oxygen atoms in total. The Hall–Kier alpha value is -0.240. The van der Waals surface area contributed by atoms with Crippen molar-refractivity contribution in [1.82, 2.24) is 5.32 Å². The quantitative estimate of drug-likeness (QED) is 0.717. The smallest absolute Gasteiger partial charge is 0.0409 e. The van der Waals surface area contributed by atoms with E-state index in [1.165, 1.54) is 31.2 Å². The molecule has 0 aliphatic carbocycles. The molecule has 0 heterocycles. The minimum Gasteiger partial charge on any atom is -0.313 e. The van der Waals surface area contributed by atoms with E-state index in [0.717, 1.165) is 18.1 Å². The summed E-state index contributed by atoms with van der Waals surface area (Å²) in [6, 6.07) is 8.02. The van der Waals surface area contributed by atoms with E-state index in [1.807, 2.05) is 18.2 Å². The molecule has 0 atom stereocenters. The van der Waals surface area contributed by atoms with E-state index >= 15 is 0 Å². The topological polar surface area (TPSA) is 12.0 Å². The standard InChI is InChI=1S/C13H20ClN.ClH/c1-2-3-4-5-9-15-11-12-7-6-8-13(14)10-12;/h6-8,10,15H,2-5,9,11H2,1H3;1H. The lowest BCUT2D eigenvalue weighted by atomic mass is 10.2. The fourth-order valence-electron chi connectivity index (χ4n) is 1.56. The Morgan fingerprint density at radius 1 is 1.19 bits per heavy atom. The molecule has 92 valence electrons. The summed E-state index contributed by atoms with van der Waals surface area (Å²) < 4.78 is 0. The van der Waals surface area contributed by atoms with Gasteiger partial charge in [-0.25, -0.2) is 0 Å². The van der Waals surface area contributed by atoms with E-state index < -0.39 is 0 Å². The molecule has 1 aromatic carbocycles. The van der Waals surface area contributed by atoms with Crippen molar-refractivity contribution in [1.29, 1.82) is 0 Å². The molecule has 0 amide bonds. The second kappa shape index (κ2) is 9.95. The third kappa shape index (κ3) is 7.10. The van der Waals surface area contributed by atoms with E-state index in [1.54, 1.807) is 0 Å². The first-order valence-electron chi connectivity index (χ1n) is 5.78. The summed E-state index contributed by atoms with van der Waals surface area (Å²) in [7, 11) is 0. The molecule has 0 bridgehead atoms. The molecule has 0 unspecified atom stereocenters. The highest BCUT2D eigenvalue weighted by Crippen LogP contribution is 2.10. The largest absolute Gasteiger partial charge is 0.313 e. The van der Waals surface area contributed by atoms with Gasteiger partial charge in [0.05, 0.1) is 0 Å². The third-order valence-corrected chi connectivity index (χ3v) is 2.66. The molecule has 1 aromatic rings. The zero-order valence-electron chi connectivity index (χ0n) is 9.84. The first-order valence-corrected chi connectivity index (χ1v) is 6.16. The Balaban J connectivity index is 0.00000225. The Labute approximate surface area is 110 Å². The van der Waals surface area contributed by atoms with Crippen LogP contribution >= 0.6 is 24.0 Å². The predicted octanol–water partition coefficient (Wildman–Crippen LogP) is 4.43. The minimum atomic E-state index is 0. The molecule has 1 rings (SSSR count). The van der Waals surface area contributed by atoms with Gasteiger partial charge in [0, 0.05) is 11.6 Å². The molecular formula is C13H21Cl2N. The van der Waals surface area contributed by atoms with Crippen molar-refractivity contribution >= 4 is 24.0 Å². The maximum absolute atomic E-state index is 5.90. The van der Waals surface area contributed by atoms with Gasteiger partial charge in [0.25, 0.3) is 0 Å². The summed E-state index contributed by atoms with van der Waals surface area (Å²) in [4.78, 5) is 0. The van der Waals surface area contributed by atoms with Crippen LogP contribution in [-0.4, -0.2) is 6.54 Å². The molecule has 1 N–H and O–H groups in total. The maximum Gasteiger partial charge on any atom is 0.0409 e. The summed E-state index contributed by atoms with van der Waals surface area (Å²) >= 11 is 5.90. The fourth-order valence-corrected chi connectivity index (χ4v) is 1.77. The van der Waals surface area contributed by atoms with Crippen molar-refractivity contribution in [3.05, 3.63) is 34.9 Å². The molecule has 0 aliphatic heterocycles. The van der Waals surface area contributed by atoms with Gasteiger partial charge in [0.1, 0.15) is 0 Å². The normalized spacial score (nSPS) is 9.88. The molecule has 16 heavy (non-hydrogen) atoms. The Kier molecular flexibility index (Phi) is 9.80. The van der Waals surface area contributed by atoms with Crippen molar-refractivity contribution in [2.75, 3.05) is 6.54 Å². The van der Waals surface area contributed by atoms with Crippen LogP contribution in [0.5, 0.6) is 0 Å². The van der Waals surface area contributed by atoms with Gasteiger partial charge < -0.3 is 5.32 Å². The average Bonchev–Trinajstić information content (AvgIpc) is 2.23. The first kappa shape index (κ1) is 15.8. The Morgan fingerprint density at radius 2 is 2.00 bits per heavy atom. The molecule has 0 fully saturated rings. The van der Waals surface area contributed by atoms with E-state index in [2.05, 4.69) is 18.3 Å². The van der Waals surface area contributed by atoms with Crippen LogP contribution in [0.25, 0.3) is 0 Å². The third-order valence-electron chi connectivity index (χ3n) is 2.43. The van der Waals surface area contributed by atoms with Crippen LogP contribution in [0.4, 0.5) is 0 Å². The van der Waals surface area contributed by atoms with Gasteiger partial charge in [0.2, 0.25) is 0 Å². The van der Waals surface area contributed by atoms with Gasteiger partial charge in [-0.1, -0.05) is 49.9 Å². The zero-order chi connectivity index (χ0) is 10.9. The molecule has 0 saturated heterocycles. The lowest BCUT2D eigenvalue weighted by Gasteiger charge is -2.04. The molecule has 0 radical (unpaired) electrons. The molecule has 0 aromatic heterocycles. The van der Waals surface area contributed by atoms with Gasteiger partial charge in [-0.2, -0.15) is 0 Å². The summed E-state index contributed by atoms with van der Waals surface area (Å²) in [5.74, 6) is 0. The monoisotopic (exact) mass is 261 g/mol. The molecule has 0 aliphatic rings. The number of hydrogen-bond acceptors (Lipinski definition) is 1. The summed E-state index contributed by atoms with van der Waals surface area (Å²) in [5, 5.41) is 4.25. The molecule has 0 spiro atoms. The highest BCUT2D eigenvalue weighted by atomic mass is 35.5. The highest BCUT2D eigenvalue weighted by Gasteiger charge is 1.93. The van der Waals surface area contributed by atoms with E-state index in [9.17, 15) is 0 Å². The average molecular weight is 262 g/mol. The predicted molar refractivity (Wildman–Crippen MR) is 74.5 cm³/mol. The van der Waals surface area contributed by atoms with E-state index in [-0.39, 0.29) is 12.4 Å². The van der Waals surface area contributed by atoms with Gasteiger partial charge in [0.15, 0.2) is 0 Å². The molecule has 0 saturated carbocycles. The lowest BCUT2D eigenvalue weighted by molar-refractivity contribution is 0.598. The van der Waals surface area contributed by atoms with Crippen molar-refractivity contribution in [2.45, 2.75) is 39.2 Å². The van der Waals surface area contributed by atoms with Crippen LogP contribution < -0.4 is 5.32 Å². The van der Waals surface area contributed by atoms with Crippen LogP contribution in [0.2, 0.25) is 5.02 Å². The number of halogens is 2. The van der Waals surface area contributed by atoms with Crippen LogP contribution in [0.3, 0.4) is 0 Å². The fraction of sp³-hybridized carbons (Fsp3) is 0.538. The molecular weight excluding hydrogens is 241 g/mol. The summed E-state index contributed by atoms with van der Waals surface area (Å²) in [6.45, 7) is 4.26. The second-order valence-corrected chi connectivity index (χ2v) is 4.30. The number of benzene rings is 1. The summed E-state index contributed by atoms with van der Waals surface area (Å²) in [6.07, 6.45) is 5.25. The summed E-state index contributed by atoms with van der Waals surface area (Å²) in [5.41, 5.74) is 1.26. The van der Waals surface area contributed by atoms with Crippen LogP contribution in [0, 0.1) is 0 Å². The van der Waals surface area contributed by atoms with Gasteiger partial charge in [-0.15, -0.1) is 12.4 Å². The van der Waals surface area contributed by atoms with Crippen LogP contribution in [-0.2, 0) is 6.54 Å².